The molecule has 7 aromatic rings. The Balaban J connectivity index is 1.20. The second-order valence-corrected chi connectivity index (χ2v) is 19.4. The van der Waals surface area contributed by atoms with E-state index >= 15 is 0 Å². The number of allylic oxidation sites excluding steroid dienone is 1. The lowest BCUT2D eigenvalue weighted by Gasteiger charge is -2.44. The lowest BCUT2D eigenvalue weighted by molar-refractivity contribution is 0.464. The molecule has 0 fully saturated rings. The molecule has 0 radical (unpaired) electrons. The van der Waals surface area contributed by atoms with Crippen molar-refractivity contribution in [2.75, 3.05) is 0 Å². The van der Waals surface area contributed by atoms with E-state index in [0.29, 0.717) is 5.88 Å². The Kier molecular flexibility index (Phi) is 7.23. The van der Waals surface area contributed by atoms with Gasteiger partial charge in [-0.15, -0.1) is 0 Å². The summed E-state index contributed by atoms with van der Waals surface area (Å²) in [6, 6.07) is 47.6. The van der Waals surface area contributed by atoms with Gasteiger partial charge in [0.25, 0.3) is 0 Å². The van der Waals surface area contributed by atoms with Crippen LogP contribution in [0, 0.1) is 0 Å². The summed E-state index contributed by atoms with van der Waals surface area (Å²) in [5, 5.41) is 5.05. The van der Waals surface area contributed by atoms with Crippen LogP contribution in [0.2, 0.25) is 0 Å². The van der Waals surface area contributed by atoms with Crippen molar-refractivity contribution in [1.82, 2.24) is 9.97 Å². The summed E-state index contributed by atoms with van der Waals surface area (Å²) in [6.45, 7) is 6.01. The Hall–Kier alpha value is -6.00. The Morgan fingerprint density at radius 3 is 1.96 bits per heavy atom. The predicted octanol–water partition coefficient (Wildman–Crippen LogP) is 8.60. The summed E-state index contributed by atoms with van der Waals surface area (Å²) in [7, 11) is -3.09. The van der Waals surface area contributed by atoms with Gasteiger partial charge in [-0.3, -0.25) is 15.0 Å². The van der Waals surface area contributed by atoms with Gasteiger partial charge in [-0.05, 0) is 94.3 Å². The number of hydrogen-bond acceptors (Lipinski definition) is 8. The van der Waals surface area contributed by atoms with Crippen LogP contribution in [0.15, 0.2) is 181 Å². The largest absolute Gasteiger partial charge is 0.458 e. The van der Waals surface area contributed by atoms with Gasteiger partial charge >= 0.3 is 0 Å². The summed E-state index contributed by atoms with van der Waals surface area (Å²) in [4.78, 5) is 23.1. The molecule has 0 bridgehead atoms. The summed E-state index contributed by atoms with van der Waals surface area (Å²) in [5.74, 6) is 3.01. The highest BCUT2D eigenvalue weighted by atomic mass is 32.2. The Morgan fingerprint density at radius 2 is 1.22 bits per heavy atom. The summed E-state index contributed by atoms with van der Waals surface area (Å²) < 4.78 is 13.2. The number of rotatable bonds is 3. The van der Waals surface area contributed by atoms with Gasteiger partial charge in [-0.2, -0.15) is 0 Å². The van der Waals surface area contributed by atoms with E-state index in [-0.39, 0.29) is 0 Å². The number of aliphatic imine (C=N–C) groups is 2. The van der Waals surface area contributed by atoms with Gasteiger partial charge in [0.1, 0.15) is 27.6 Å². The Labute approximate surface area is 327 Å². The van der Waals surface area contributed by atoms with Crippen molar-refractivity contribution in [3.63, 3.8) is 0 Å². The topological polar surface area (TPSA) is 69.0 Å². The first-order chi connectivity index (χ1) is 27.2. The van der Waals surface area contributed by atoms with Crippen LogP contribution in [0.4, 0.5) is 0 Å². The molecule has 262 valence electrons. The molecule has 4 aliphatic rings. The molecule has 6 nitrogen and oxygen atoms in total. The summed E-state index contributed by atoms with van der Waals surface area (Å²) >= 11 is 3.44. The van der Waals surface area contributed by atoms with E-state index in [1.54, 1.807) is 35.9 Å². The first-order valence-corrected chi connectivity index (χ1v) is 21.7. The van der Waals surface area contributed by atoms with Gasteiger partial charge in [0, 0.05) is 38.5 Å². The van der Waals surface area contributed by atoms with Crippen molar-refractivity contribution >= 4 is 65.4 Å². The van der Waals surface area contributed by atoms with Gasteiger partial charge in [-0.25, -0.2) is 4.98 Å². The lowest BCUT2D eigenvalue weighted by Crippen LogP contribution is -2.78. The fourth-order valence-electron chi connectivity index (χ4n) is 8.98. The molecule has 9 heteroatoms. The predicted molar refractivity (Wildman–Crippen MR) is 225 cm³/mol. The van der Waals surface area contributed by atoms with Crippen molar-refractivity contribution in [3.05, 3.63) is 173 Å². The number of para-hydroxylation sites is 2. The third-order valence-electron chi connectivity index (χ3n) is 11.1. The molecular weight excluding hydrogens is 733 g/mol. The molecule has 1 aromatic heterocycles. The molecule has 0 saturated carbocycles. The minimum Gasteiger partial charge on any atom is -0.458 e. The highest BCUT2D eigenvalue weighted by molar-refractivity contribution is 8.03. The molecule has 6 aromatic carbocycles. The number of hydrogen-bond donors (Lipinski definition) is 0. The second-order valence-electron chi connectivity index (χ2n) is 13.7. The van der Waals surface area contributed by atoms with E-state index in [1.807, 2.05) is 31.3 Å². The maximum atomic E-state index is 6.75. The van der Waals surface area contributed by atoms with Crippen molar-refractivity contribution in [2.24, 2.45) is 9.98 Å². The number of fused-ring (bicyclic) bond motifs is 14. The van der Waals surface area contributed by atoms with Crippen LogP contribution in [-0.2, 0) is 5.41 Å². The molecule has 0 amide bonds. The number of benzene rings is 6. The number of aromatic nitrogens is 2. The molecule has 2 atom stereocenters. The summed E-state index contributed by atoms with van der Waals surface area (Å²) in [6.07, 6.45) is 5.36. The van der Waals surface area contributed by atoms with Crippen molar-refractivity contribution in [2.45, 2.75) is 27.0 Å². The molecule has 5 heterocycles. The smallest absolute Gasteiger partial charge is 0.237 e. The molecule has 0 N–H and O–H groups in total. The van der Waals surface area contributed by atoms with Crippen molar-refractivity contribution in [3.8, 4) is 34.3 Å². The minimum absolute atomic E-state index is 0.545. The normalized spacial score (nSPS) is 19.6. The molecule has 2 spiro atoms. The van der Waals surface area contributed by atoms with Gasteiger partial charge in [-0.1, -0.05) is 115 Å². The van der Waals surface area contributed by atoms with E-state index in [0.717, 1.165) is 64.9 Å². The van der Waals surface area contributed by atoms with Gasteiger partial charge in [0.2, 0.25) is 14.0 Å². The first kappa shape index (κ1) is 32.4. The van der Waals surface area contributed by atoms with Crippen LogP contribution in [0.25, 0.3) is 11.1 Å². The zero-order chi connectivity index (χ0) is 36.7. The minimum atomic E-state index is -3.09. The zero-order valence-corrected chi connectivity index (χ0v) is 32.2. The average molecular weight is 763 g/mol. The highest BCUT2D eigenvalue weighted by Gasteiger charge is 2.55. The second kappa shape index (κ2) is 12.3. The zero-order valence-electron chi connectivity index (χ0n) is 29.6. The number of nitrogens with zero attached hydrogens (tertiary/aromatic N) is 4. The molecular formula is C46H30N4O2S2Si. The third kappa shape index (κ3) is 4.40. The van der Waals surface area contributed by atoms with Gasteiger partial charge in [0.15, 0.2) is 0 Å². The molecule has 11 rings (SSSR count). The Morgan fingerprint density at radius 1 is 0.618 bits per heavy atom. The lowest BCUT2D eigenvalue weighted by atomic mass is 9.66. The molecule has 0 saturated heterocycles. The fourth-order valence-corrected chi connectivity index (χ4v) is 16.1. The first-order valence-electron chi connectivity index (χ1n) is 18.1. The molecule has 55 heavy (non-hydrogen) atoms. The molecule has 4 aliphatic heterocycles. The highest BCUT2D eigenvalue weighted by Crippen LogP contribution is 2.62. The van der Waals surface area contributed by atoms with Crippen LogP contribution in [-0.4, -0.2) is 31.0 Å². The van der Waals surface area contributed by atoms with E-state index < -0.39 is 13.5 Å². The number of ether oxygens (including phenoxy) is 2. The maximum Gasteiger partial charge on any atom is 0.237 e. The van der Waals surface area contributed by atoms with Crippen LogP contribution >= 0.6 is 23.5 Å². The van der Waals surface area contributed by atoms with Gasteiger partial charge in [0.05, 0.1) is 11.1 Å². The molecule has 2 unspecified atom stereocenters. The van der Waals surface area contributed by atoms with Crippen molar-refractivity contribution < 1.29 is 9.47 Å². The molecule has 0 aliphatic carbocycles. The van der Waals surface area contributed by atoms with Crippen molar-refractivity contribution in [1.29, 1.82) is 0 Å². The standard InChI is InChI=1S/C46H30N4O2S2Si/c1-3-48-42-44(47-2)54-37-17-9-5-13-31(37)46(42)30-12-4-8-16-36(30)53-38-23-21-28(26-32(38)46)29-20-22-35-41(27-29)55(39-18-10-6-14-33(39)51-35)40-19-11-7-15-34(40)52-43-45(55)50-25-24-49-43/h3-27H,2H2,1H3/b48-3-. The van der Waals surface area contributed by atoms with E-state index in [2.05, 4.69) is 127 Å². The third-order valence-corrected chi connectivity index (χ3v) is 18.0. The quantitative estimate of drug-likeness (QED) is 0.133. The average Bonchev–Trinajstić information content (AvgIpc) is 3.24. The fraction of sp³-hybridized carbons (Fsp3) is 0.0435. The van der Waals surface area contributed by atoms with Crippen LogP contribution in [0.5, 0.6) is 23.1 Å². The van der Waals surface area contributed by atoms with Crippen LogP contribution in [0.1, 0.15) is 23.6 Å². The summed E-state index contributed by atoms with van der Waals surface area (Å²) in [5.41, 5.74) is 5.88. The van der Waals surface area contributed by atoms with E-state index in [4.69, 9.17) is 24.4 Å². The van der Waals surface area contributed by atoms with E-state index in [9.17, 15) is 0 Å². The number of thioether (sulfide) groups is 1. The SMILES string of the molecule is C=NC1=C(/N=C\C)C2(c3ccccc3S1)c1ccccc1Sc1ccc(-c3ccc4c(c3)[Si]3(c5ccccc5O4)c4ccccc4Oc4nccnc43)cc12. The van der Waals surface area contributed by atoms with Crippen LogP contribution < -0.4 is 30.4 Å². The van der Waals surface area contributed by atoms with E-state index in [1.165, 1.54) is 26.5 Å². The monoisotopic (exact) mass is 762 g/mol. The maximum absolute atomic E-state index is 6.75. The Bertz CT molecular complexity index is 2750. The van der Waals surface area contributed by atoms with Crippen LogP contribution in [0.3, 0.4) is 0 Å². The van der Waals surface area contributed by atoms with Gasteiger partial charge < -0.3 is 9.47 Å².